The molecule has 4 rings (SSSR count). The van der Waals surface area contributed by atoms with Crippen molar-refractivity contribution in [1.29, 1.82) is 0 Å². The summed E-state index contributed by atoms with van der Waals surface area (Å²) in [5.41, 5.74) is 0.356. The fraction of sp³-hybridized carbons (Fsp3) is 0.316. The van der Waals surface area contributed by atoms with Gasteiger partial charge < -0.3 is 15.7 Å². The number of aryl methyl sites for hydroxylation is 1. The van der Waals surface area contributed by atoms with Gasteiger partial charge in [-0.1, -0.05) is 6.07 Å². The van der Waals surface area contributed by atoms with Crippen LogP contribution in [0.2, 0.25) is 0 Å². The van der Waals surface area contributed by atoms with Gasteiger partial charge in [-0.15, -0.1) is 11.3 Å². The van der Waals surface area contributed by atoms with Gasteiger partial charge in [-0.3, -0.25) is 0 Å². The minimum absolute atomic E-state index is 0.132. The van der Waals surface area contributed by atoms with Gasteiger partial charge in [-0.25, -0.2) is 15.0 Å². The number of nitrogens with one attached hydrogen (secondary N) is 2. The minimum Gasteiger partial charge on any atom is -0.381 e. The van der Waals surface area contributed by atoms with Crippen molar-refractivity contribution in [3.63, 3.8) is 0 Å². The Bertz CT molecular complexity index is 1030. The molecule has 6 nitrogen and oxygen atoms in total. The molecule has 3 aromatic rings. The first-order valence-corrected chi connectivity index (χ1v) is 9.73. The zero-order valence-electron chi connectivity index (χ0n) is 15.4. The summed E-state index contributed by atoms with van der Waals surface area (Å²) in [4.78, 5) is 12.7. The van der Waals surface area contributed by atoms with Crippen molar-refractivity contribution < 1.29 is 18.3 Å². The maximum atomic E-state index is 12.9. The molecule has 1 aliphatic rings. The first kappa shape index (κ1) is 19.7. The zero-order valence-corrected chi connectivity index (χ0v) is 16.2. The lowest BCUT2D eigenvalue weighted by molar-refractivity contribution is -0.141. The van der Waals surface area contributed by atoms with E-state index in [0.717, 1.165) is 34.8 Å². The second-order valence-corrected chi connectivity index (χ2v) is 7.99. The second kappa shape index (κ2) is 7.36. The van der Waals surface area contributed by atoms with Crippen molar-refractivity contribution in [3.8, 4) is 10.4 Å². The third kappa shape index (κ3) is 4.24. The van der Waals surface area contributed by atoms with E-state index in [1.54, 1.807) is 18.3 Å². The van der Waals surface area contributed by atoms with E-state index in [1.165, 1.54) is 11.3 Å². The van der Waals surface area contributed by atoms with E-state index >= 15 is 0 Å². The molecule has 29 heavy (non-hydrogen) atoms. The van der Waals surface area contributed by atoms with E-state index in [0.29, 0.717) is 23.7 Å². The number of benzene rings is 1. The van der Waals surface area contributed by atoms with Crippen LogP contribution in [-0.2, 0) is 11.8 Å². The summed E-state index contributed by atoms with van der Waals surface area (Å²) < 4.78 is 38.6. The van der Waals surface area contributed by atoms with Crippen molar-refractivity contribution in [2.45, 2.75) is 25.1 Å². The standard InChI is InChI=1S/C19H18F3N5OS/c1-11-6-12(14-9-25-16(29-14)18(28)3-5-23-10-18)8-13(7-11)26-17-24-4-2-15(27-17)19(20,21)22/h2,4,6-9,23,28H,3,5,10H2,1H3,(H,24,26,27). The maximum Gasteiger partial charge on any atom is 0.433 e. The van der Waals surface area contributed by atoms with Gasteiger partial charge in [0.25, 0.3) is 0 Å². The number of nitrogens with zero attached hydrogens (tertiary/aromatic N) is 3. The van der Waals surface area contributed by atoms with Crippen LogP contribution in [0.5, 0.6) is 0 Å². The number of hydrogen-bond acceptors (Lipinski definition) is 7. The average Bonchev–Trinajstić information content (AvgIpc) is 3.31. The van der Waals surface area contributed by atoms with E-state index in [1.807, 2.05) is 13.0 Å². The lowest BCUT2D eigenvalue weighted by Crippen LogP contribution is -2.27. The molecule has 10 heteroatoms. The van der Waals surface area contributed by atoms with Gasteiger partial charge >= 0.3 is 6.18 Å². The molecule has 1 atom stereocenters. The summed E-state index contributed by atoms with van der Waals surface area (Å²) in [7, 11) is 0. The van der Waals surface area contributed by atoms with Gasteiger partial charge in [-0.2, -0.15) is 13.2 Å². The molecule has 2 aromatic heterocycles. The van der Waals surface area contributed by atoms with Crippen molar-refractivity contribution in [2.24, 2.45) is 0 Å². The highest BCUT2D eigenvalue weighted by molar-refractivity contribution is 7.15. The molecule has 1 aliphatic heterocycles. The van der Waals surface area contributed by atoms with Crippen LogP contribution in [0, 0.1) is 6.92 Å². The van der Waals surface area contributed by atoms with Crippen molar-refractivity contribution in [1.82, 2.24) is 20.3 Å². The Kier molecular flexibility index (Phi) is 5.01. The van der Waals surface area contributed by atoms with Gasteiger partial charge in [-0.05, 0) is 49.2 Å². The predicted octanol–water partition coefficient (Wildman–Crippen LogP) is 3.85. The van der Waals surface area contributed by atoms with Gasteiger partial charge in [0.05, 0.1) is 4.88 Å². The van der Waals surface area contributed by atoms with Crippen molar-refractivity contribution in [2.75, 3.05) is 18.4 Å². The Morgan fingerprint density at radius 3 is 2.79 bits per heavy atom. The summed E-state index contributed by atoms with van der Waals surface area (Å²) in [6.07, 6.45) is -1.16. The third-order valence-corrected chi connectivity index (χ3v) is 5.84. The van der Waals surface area contributed by atoms with E-state index in [4.69, 9.17) is 0 Å². The minimum atomic E-state index is -4.54. The summed E-state index contributed by atoms with van der Waals surface area (Å²) >= 11 is 1.40. The molecular weight excluding hydrogens is 403 g/mol. The number of halogens is 3. The van der Waals surface area contributed by atoms with Gasteiger partial charge in [0.2, 0.25) is 5.95 Å². The summed E-state index contributed by atoms with van der Waals surface area (Å²) in [6.45, 7) is 3.09. The highest BCUT2D eigenvalue weighted by Gasteiger charge is 2.36. The molecule has 0 aliphatic carbocycles. The number of β-amino-alcohol motifs (C(OH)–C–C–N with tert-alkyl or cyclic N) is 1. The predicted molar refractivity (Wildman–Crippen MR) is 104 cm³/mol. The van der Waals surface area contributed by atoms with E-state index in [9.17, 15) is 18.3 Å². The number of rotatable bonds is 4. The molecule has 1 unspecified atom stereocenters. The van der Waals surface area contributed by atoms with Crippen LogP contribution in [0.1, 0.15) is 22.7 Å². The largest absolute Gasteiger partial charge is 0.433 e. The lowest BCUT2D eigenvalue weighted by Gasteiger charge is -2.17. The quantitative estimate of drug-likeness (QED) is 0.594. The van der Waals surface area contributed by atoms with Gasteiger partial charge in [0.1, 0.15) is 16.3 Å². The summed E-state index contributed by atoms with van der Waals surface area (Å²) in [6, 6.07) is 6.37. The molecule has 0 bridgehead atoms. The molecule has 1 fully saturated rings. The van der Waals surface area contributed by atoms with Crippen LogP contribution in [0.3, 0.4) is 0 Å². The summed E-state index contributed by atoms with van der Waals surface area (Å²) in [5, 5.41) is 17.3. The molecule has 0 saturated carbocycles. The highest BCUT2D eigenvalue weighted by Crippen LogP contribution is 2.36. The van der Waals surface area contributed by atoms with Crippen LogP contribution in [0.25, 0.3) is 10.4 Å². The maximum absolute atomic E-state index is 12.9. The fourth-order valence-electron chi connectivity index (χ4n) is 3.19. The number of hydrogen-bond donors (Lipinski definition) is 3. The van der Waals surface area contributed by atoms with E-state index < -0.39 is 17.5 Å². The number of alkyl halides is 3. The van der Waals surface area contributed by atoms with Crippen LogP contribution in [0.4, 0.5) is 24.8 Å². The molecule has 1 aromatic carbocycles. The number of thiazole rings is 1. The molecule has 3 heterocycles. The number of aromatic nitrogens is 3. The number of aliphatic hydroxyl groups is 1. The lowest BCUT2D eigenvalue weighted by atomic mass is 10.1. The molecule has 0 spiro atoms. The Balaban J connectivity index is 1.61. The normalized spacial score (nSPS) is 19.5. The van der Waals surface area contributed by atoms with Crippen LogP contribution in [-0.4, -0.2) is 33.1 Å². The molecule has 1 saturated heterocycles. The number of anilines is 2. The topological polar surface area (TPSA) is 83.0 Å². The van der Waals surface area contributed by atoms with E-state index in [-0.39, 0.29) is 5.95 Å². The van der Waals surface area contributed by atoms with Crippen molar-refractivity contribution >= 4 is 23.0 Å². The Labute approximate surface area is 168 Å². The first-order chi connectivity index (χ1) is 13.7. The Morgan fingerprint density at radius 2 is 2.07 bits per heavy atom. The second-order valence-electron chi connectivity index (χ2n) is 6.96. The van der Waals surface area contributed by atoms with Crippen LogP contribution >= 0.6 is 11.3 Å². The van der Waals surface area contributed by atoms with Crippen LogP contribution in [0.15, 0.2) is 36.7 Å². The fourth-order valence-corrected chi connectivity index (χ4v) is 4.21. The van der Waals surface area contributed by atoms with Crippen LogP contribution < -0.4 is 10.6 Å². The average molecular weight is 421 g/mol. The third-order valence-electron chi connectivity index (χ3n) is 4.60. The zero-order chi connectivity index (χ0) is 20.6. The molecule has 0 amide bonds. The van der Waals surface area contributed by atoms with Gasteiger partial charge in [0, 0.05) is 24.6 Å². The smallest absolute Gasteiger partial charge is 0.381 e. The van der Waals surface area contributed by atoms with Gasteiger partial charge in [0.15, 0.2) is 0 Å². The SMILES string of the molecule is Cc1cc(Nc2nccc(C(F)(F)F)n2)cc(-c2cnc(C3(O)CCNC3)s2)c1. The molecule has 3 N–H and O–H groups in total. The van der Waals surface area contributed by atoms with Crippen molar-refractivity contribution in [3.05, 3.63) is 52.9 Å². The van der Waals surface area contributed by atoms with E-state index in [2.05, 4.69) is 25.6 Å². The Morgan fingerprint density at radius 1 is 1.24 bits per heavy atom. The molecule has 152 valence electrons. The highest BCUT2D eigenvalue weighted by atomic mass is 32.1. The molecule has 0 radical (unpaired) electrons. The monoisotopic (exact) mass is 421 g/mol. The first-order valence-electron chi connectivity index (χ1n) is 8.92. The summed E-state index contributed by atoms with van der Waals surface area (Å²) in [5.74, 6) is -0.132. The Hall–Kier alpha value is -2.56. The molecular formula is C19H18F3N5OS.